The van der Waals surface area contributed by atoms with Gasteiger partial charge in [0.2, 0.25) is 0 Å². The molecule has 0 radical (unpaired) electrons. The molecule has 142 valence electrons. The van der Waals surface area contributed by atoms with E-state index in [1.807, 2.05) is 12.1 Å². The number of hydrogen-bond acceptors (Lipinski definition) is 3. The molecular formula is C26H17N3Se. The Morgan fingerprint density at radius 2 is 1.17 bits per heavy atom. The van der Waals surface area contributed by atoms with Crippen LogP contribution in [0.25, 0.3) is 41.7 Å². The molecule has 0 amide bonds. The van der Waals surface area contributed by atoms with Gasteiger partial charge in [0.15, 0.2) is 0 Å². The van der Waals surface area contributed by atoms with E-state index in [0.717, 1.165) is 38.7 Å². The molecule has 2 aromatic heterocycles. The Bertz CT molecular complexity index is 1430. The number of anilines is 2. The Kier molecular flexibility index (Phi) is 4.12. The molecule has 0 atom stereocenters. The van der Waals surface area contributed by atoms with Crippen molar-refractivity contribution in [1.82, 2.24) is 9.97 Å². The fraction of sp³-hybridized carbons (Fsp3) is 0. The Morgan fingerprint density at radius 3 is 1.83 bits per heavy atom. The molecule has 0 fully saturated rings. The van der Waals surface area contributed by atoms with Gasteiger partial charge in [-0.1, -0.05) is 0 Å². The molecule has 0 aliphatic carbocycles. The Hall–Kier alpha value is -3.46. The summed E-state index contributed by atoms with van der Waals surface area (Å²) in [5.74, 6) is 0. The molecule has 1 N–H and O–H groups in total. The van der Waals surface area contributed by atoms with Gasteiger partial charge >= 0.3 is 180 Å². The topological polar surface area (TPSA) is 37.8 Å². The summed E-state index contributed by atoms with van der Waals surface area (Å²) in [4.78, 5) is 9.65. The second-order valence-corrected chi connectivity index (χ2v) is 9.37. The van der Waals surface area contributed by atoms with E-state index in [-0.39, 0.29) is 14.5 Å². The Balaban J connectivity index is 1.41. The van der Waals surface area contributed by atoms with Crippen LogP contribution in [-0.4, -0.2) is 24.5 Å². The molecule has 30 heavy (non-hydrogen) atoms. The standard InChI is InChI=1S/C26H17N3Se/c1-3-9-21-19(7-1)25(20-8-2-4-10-22(20)28-21)27-18-15-13-17(14-16-18)26-29-23-11-5-6-12-24(23)30-26/h1-16H,(H,27,28). The third-order valence-electron chi connectivity index (χ3n) is 5.28. The molecule has 0 aliphatic heterocycles. The number of nitrogens with zero attached hydrogens (tertiary/aromatic N) is 2. The van der Waals surface area contributed by atoms with Crippen LogP contribution in [0.15, 0.2) is 97.1 Å². The van der Waals surface area contributed by atoms with Gasteiger partial charge < -0.3 is 0 Å². The molecule has 3 nitrogen and oxygen atoms in total. The summed E-state index contributed by atoms with van der Waals surface area (Å²) in [6.07, 6.45) is 0. The monoisotopic (exact) mass is 451 g/mol. The van der Waals surface area contributed by atoms with Gasteiger partial charge in [0, 0.05) is 0 Å². The molecule has 4 aromatic carbocycles. The average molecular weight is 450 g/mol. The maximum atomic E-state index is 4.83. The van der Waals surface area contributed by atoms with Gasteiger partial charge in [-0.05, 0) is 0 Å². The van der Waals surface area contributed by atoms with Crippen LogP contribution in [0.2, 0.25) is 0 Å². The molecule has 0 aliphatic rings. The zero-order valence-electron chi connectivity index (χ0n) is 16.0. The van der Waals surface area contributed by atoms with Gasteiger partial charge in [-0.2, -0.15) is 0 Å². The first kappa shape index (κ1) is 17.4. The van der Waals surface area contributed by atoms with Gasteiger partial charge in [-0.15, -0.1) is 0 Å². The van der Waals surface area contributed by atoms with Crippen molar-refractivity contribution in [2.24, 2.45) is 0 Å². The minimum atomic E-state index is 0.267. The fourth-order valence-corrected chi connectivity index (χ4v) is 5.85. The third-order valence-corrected chi connectivity index (χ3v) is 7.56. The number of aromatic nitrogens is 2. The van der Waals surface area contributed by atoms with Crippen LogP contribution in [0, 0.1) is 0 Å². The van der Waals surface area contributed by atoms with Crippen LogP contribution in [0.4, 0.5) is 11.4 Å². The predicted molar refractivity (Wildman–Crippen MR) is 127 cm³/mol. The first-order valence-electron chi connectivity index (χ1n) is 9.86. The van der Waals surface area contributed by atoms with Crippen molar-refractivity contribution >= 4 is 57.5 Å². The van der Waals surface area contributed by atoms with E-state index in [4.69, 9.17) is 9.97 Å². The van der Waals surface area contributed by atoms with E-state index >= 15 is 0 Å². The van der Waals surface area contributed by atoms with E-state index in [2.05, 4.69) is 90.2 Å². The second-order valence-electron chi connectivity index (χ2n) is 7.21. The molecule has 4 heteroatoms. The van der Waals surface area contributed by atoms with Crippen LogP contribution in [0.1, 0.15) is 0 Å². The number of pyridine rings is 1. The number of fused-ring (bicyclic) bond motifs is 3. The van der Waals surface area contributed by atoms with E-state index in [9.17, 15) is 0 Å². The second kappa shape index (κ2) is 7.10. The van der Waals surface area contributed by atoms with Gasteiger partial charge in [-0.25, -0.2) is 0 Å². The Morgan fingerprint density at radius 1 is 0.567 bits per heavy atom. The zero-order valence-corrected chi connectivity index (χ0v) is 17.8. The maximum absolute atomic E-state index is 4.83. The van der Waals surface area contributed by atoms with Crippen LogP contribution < -0.4 is 5.32 Å². The van der Waals surface area contributed by atoms with Gasteiger partial charge in [0.05, 0.1) is 0 Å². The first-order valence-corrected chi connectivity index (χ1v) is 11.6. The van der Waals surface area contributed by atoms with Crippen LogP contribution in [-0.2, 0) is 0 Å². The summed E-state index contributed by atoms with van der Waals surface area (Å²) in [5, 5.41) is 5.90. The number of rotatable bonds is 3. The zero-order chi connectivity index (χ0) is 19.9. The van der Waals surface area contributed by atoms with E-state index in [1.165, 1.54) is 14.4 Å². The van der Waals surface area contributed by atoms with Crippen molar-refractivity contribution in [3.63, 3.8) is 0 Å². The molecule has 2 heterocycles. The SMILES string of the molecule is c1ccc2[se]c(-c3ccc(Nc4c5ccccc5nc5ccccc45)cc3)nc2c1. The minimum absolute atomic E-state index is 0.267. The number of hydrogen-bond donors (Lipinski definition) is 1. The summed E-state index contributed by atoms with van der Waals surface area (Å²) in [6.45, 7) is 0. The molecule has 0 saturated heterocycles. The van der Waals surface area contributed by atoms with E-state index in [1.54, 1.807) is 0 Å². The molecule has 0 spiro atoms. The van der Waals surface area contributed by atoms with Crippen LogP contribution in [0.5, 0.6) is 0 Å². The van der Waals surface area contributed by atoms with Crippen molar-refractivity contribution < 1.29 is 0 Å². The molecule has 6 rings (SSSR count). The summed E-state index contributed by atoms with van der Waals surface area (Å²) < 4.78 is 2.55. The average Bonchev–Trinajstić information content (AvgIpc) is 3.24. The molecule has 0 unspecified atom stereocenters. The van der Waals surface area contributed by atoms with Crippen LogP contribution >= 0.6 is 0 Å². The van der Waals surface area contributed by atoms with Crippen molar-refractivity contribution in [2.75, 3.05) is 5.32 Å². The predicted octanol–water partition coefficient (Wildman–Crippen LogP) is 6.40. The number of nitrogens with one attached hydrogen (secondary N) is 1. The summed E-state index contributed by atoms with van der Waals surface area (Å²) in [7, 11) is 0. The fourth-order valence-electron chi connectivity index (χ4n) is 3.81. The van der Waals surface area contributed by atoms with Crippen molar-refractivity contribution in [3.8, 4) is 10.1 Å². The molecular weight excluding hydrogens is 433 g/mol. The van der Waals surface area contributed by atoms with Gasteiger partial charge in [0.1, 0.15) is 0 Å². The molecule has 6 aromatic rings. The molecule has 0 saturated carbocycles. The summed E-state index contributed by atoms with van der Waals surface area (Å²) >= 11 is 0.267. The molecule has 0 bridgehead atoms. The van der Waals surface area contributed by atoms with Gasteiger partial charge in [0.25, 0.3) is 0 Å². The quantitative estimate of drug-likeness (QED) is 0.250. The van der Waals surface area contributed by atoms with Crippen LogP contribution in [0.3, 0.4) is 0 Å². The number of benzene rings is 4. The normalized spacial score (nSPS) is 11.3. The van der Waals surface area contributed by atoms with E-state index < -0.39 is 0 Å². The Labute approximate surface area is 179 Å². The van der Waals surface area contributed by atoms with E-state index in [0.29, 0.717) is 0 Å². The third kappa shape index (κ3) is 2.98. The number of para-hydroxylation sites is 3. The van der Waals surface area contributed by atoms with Gasteiger partial charge in [-0.3, -0.25) is 0 Å². The van der Waals surface area contributed by atoms with Crippen molar-refractivity contribution in [2.45, 2.75) is 0 Å². The van der Waals surface area contributed by atoms with Crippen molar-refractivity contribution in [1.29, 1.82) is 0 Å². The summed E-state index contributed by atoms with van der Waals surface area (Å²) in [6, 6.07) is 33.6. The van der Waals surface area contributed by atoms with Crippen molar-refractivity contribution in [3.05, 3.63) is 97.1 Å². The first-order chi connectivity index (χ1) is 14.8. The summed E-state index contributed by atoms with van der Waals surface area (Å²) in [5.41, 5.74) is 6.46.